The van der Waals surface area contributed by atoms with E-state index < -0.39 is 7.82 Å². The highest BCUT2D eigenvalue weighted by Crippen LogP contribution is 2.54. The van der Waals surface area contributed by atoms with Crippen molar-refractivity contribution in [1.82, 2.24) is 0 Å². The highest BCUT2D eigenvalue weighted by Gasteiger charge is 2.37. The highest BCUT2D eigenvalue weighted by atomic mass is 31.2. The fourth-order valence-electron chi connectivity index (χ4n) is 4.80. The lowest BCUT2D eigenvalue weighted by Crippen LogP contribution is -2.23. The summed E-state index contributed by atoms with van der Waals surface area (Å²) in [6, 6.07) is 8.58. The maximum absolute atomic E-state index is 13.9. The van der Waals surface area contributed by atoms with Gasteiger partial charge in [-0.15, -0.1) is 0 Å². The van der Waals surface area contributed by atoms with Crippen LogP contribution in [0, 0.1) is 0 Å². The number of rotatable bonds is 1. The van der Waals surface area contributed by atoms with Gasteiger partial charge in [0.25, 0.3) is 0 Å². The molecule has 1 aliphatic heterocycles. The van der Waals surface area contributed by atoms with Gasteiger partial charge in [-0.2, -0.15) is 0 Å². The second kappa shape index (κ2) is 8.67. The molecule has 0 unspecified atom stereocenters. The van der Waals surface area contributed by atoms with Crippen molar-refractivity contribution >= 4 is 7.82 Å². The molecule has 0 fully saturated rings. The van der Waals surface area contributed by atoms with Gasteiger partial charge in [-0.1, -0.05) is 95.2 Å². The molecule has 4 bridgehead atoms. The largest absolute Gasteiger partial charge is 0.587 e. The van der Waals surface area contributed by atoms with Crippen molar-refractivity contribution in [2.24, 2.45) is 0 Å². The summed E-state index contributed by atoms with van der Waals surface area (Å²) in [7, 11) is -2.56. The van der Waals surface area contributed by atoms with Gasteiger partial charge in [0.2, 0.25) is 0 Å². The maximum Gasteiger partial charge on any atom is 0.587 e. The fourth-order valence-corrected chi connectivity index (χ4v) is 5.77. The summed E-state index contributed by atoms with van der Waals surface area (Å²) < 4.78 is 31.7. The lowest BCUT2D eigenvalue weighted by molar-refractivity contribution is 0.246. The zero-order chi connectivity index (χ0) is 26.8. The van der Waals surface area contributed by atoms with E-state index in [1.54, 1.807) is 0 Å². The van der Waals surface area contributed by atoms with Gasteiger partial charge in [0.05, 0.1) is 0 Å². The molecule has 0 aliphatic carbocycles. The minimum Gasteiger partial charge on any atom is -0.395 e. The minimum atomic E-state index is -3.94. The summed E-state index contributed by atoms with van der Waals surface area (Å²) in [6.07, 6.45) is 0.734. The van der Waals surface area contributed by atoms with Gasteiger partial charge in [-0.25, -0.2) is 4.57 Å². The standard InChI is InChI=1S/C30H45O4P/c1-27(2,3)21-17-23(29(7,8)9)25-15-19(21)14-20-16-26(34-35(31,32-13)33-25)24(30(10,11)12)18-22(20)28(4,5)6/h15-18H,14H2,1-13H3. The predicted molar refractivity (Wildman–Crippen MR) is 146 cm³/mol. The number of fused-ring (bicyclic) bond motifs is 4. The zero-order valence-corrected chi connectivity index (χ0v) is 25.0. The van der Waals surface area contributed by atoms with Crippen molar-refractivity contribution in [2.45, 2.75) is 111 Å². The molecule has 1 aliphatic rings. The monoisotopic (exact) mass is 500 g/mol. The number of hydrogen-bond acceptors (Lipinski definition) is 4. The van der Waals surface area contributed by atoms with Gasteiger partial charge in [0.15, 0.2) is 0 Å². The van der Waals surface area contributed by atoms with Crippen LogP contribution in [0.1, 0.15) is 116 Å². The number of benzene rings is 2. The third-order valence-electron chi connectivity index (χ3n) is 6.67. The van der Waals surface area contributed by atoms with Crippen LogP contribution >= 0.6 is 7.82 Å². The van der Waals surface area contributed by atoms with E-state index in [1.807, 2.05) is 0 Å². The third kappa shape index (κ3) is 5.81. The molecule has 0 aromatic heterocycles. The first-order valence-corrected chi connectivity index (χ1v) is 14.0. The molecule has 4 nitrogen and oxygen atoms in total. The molecule has 2 aromatic rings. The van der Waals surface area contributed by atoms with Crippen molar-refractivity contribution in [2.75, 3.05) is 7.11 Å². The Kier molecular flexibility index (Phi) is 6.89. The molecule has 1 heterocycles. The summed E-state index contributed by atoms with van der Waals surface area (Å²) in [5.41, 5.74) is 6.26. The number of hydrogen-bond donors (Lipinski definition) is 0. The molecule has 194 valence electrons. The molecular weight excluding hydrogens is 455 g/mol. The van der Waals surface area contributed by atoms with Gasteiger partial charge in [-0.05, 0) is 62.5 Å². The predicted octanol–water partition coefficient (Wildman–Crippen LogP) is 8.99. The third-order valence-corrected chi connectivity index (χ3v) is 7.96. The Labute approximate surface area is 213 Å². The first-order chi connectivity index (χ1) is 15.7. The fraction of sp³-hybridized carbons (Fsp3) is 0.600. The molecule has 5 heteroatoms. The van der Waals surface area contributed by atoms with Crippen molar-refractivity contribution in [3.8, 4) is 11.5 Å². The van der Waals surface area contributed by atoms with E-state index >= 15 is 0 Å². The lowest BCUT2D eigenvalue weighted by atomic mass is 9.74. The van der Waals surface area contributed by atoms with Gasteiger partial charge in [0.1, 0.15) is 11.5 Å². The van der Waals surface area contributed by atoms with Crippen LogP contribution in [0.5, 0.6) is 11.5 Å². The molecule has 0 radical (unpaired) electrons. The molecule has 0 amide bonds. The second-order valence-corrected chi connectivity index (χ2v) is 15.6. The summed E-state index contributed by atoms with van der Waals surface area (Å²) >= 11 is 0. The lowest BCUT2D eigenvalue weighted by Gasteiger charge is -2.34. The van der Waals surface area contributed by atoms with Crippen molar-refractivity contribution in [3.05, 3.63) is 57.6 Å². The average Bonchev–Trinajstić information content (AvgIpc) is 2.63. The first kappa shape index (κ1) is 27.8. The van der Waals surface area contributed by atoms with E-state index in [4.69, 9.17) is 13.6 Å². The minimum absolute atomic E-state index is 0.0739. The summed E-state index contributed by atoms with van der Waals surface area (Å²) in [5, 5.41) is 0. The van der Waals surface area contributed by atoms with E-state index in [2.05, 4.69) is 107 Å². The van der Waals surface area contributed by atoms with Crippen molar-refractivity contribution in [3.63, 3.8) is 0 Å². The Morgan fingerprint density at radius 3 is 1.17 bits per heavy atom. The molecule has 3 rings (SSSR count). The molecular formula is C30H45O4P. The van der Waals surface area contributed by atoms with Crippen LogP contribution in [0.2, 0.25) is 0 Å². The van der Waals surface area contributed by atoms with E-state index in [-0.39, 0.29) is 21.7 Å². The quantitative estimate of drug-likeness (QED) is 0.367. The molecule has 0 spiro atoms. The number of phosphoric ester groups is 1. The molecule has 2 aromatic carbocycles. The van der Waals surface area contributed by atoms with Gasteiger partial charge < -0.3 is 9.05 Å². The van der Waals surface area contributed by atoms with Crippen LogP contribution in [0.25, 0.3) is 0 Å². The molecule has 0 atom stereocenters. The topological polar surface area (TPSA) is 44.8 Å². The Morgan fingerprint density at radius 2 is 0.914 bits per heavy atom. The van der Waals surface area contributed by atoms with Crippen LogP contribution in [0.4, 0.5) is 0 Å². The van der Waals surface area contributed by atoms with Crippen LogP contribution in [-0.4, -0.2) is 7.11 Å². The highest BCUT2D eigenvalue weighted by molar-refractivity contribution is 7.49. The first-order valence-electron chi connectivity index (χ1n) is 12.6. The van der Waals surface area contributed by atoms with E-state index in [1.165, 1.54) is 29.4 Å². The van der Waals surface area contributed by atoms with E-state index in [0.717, 1.165) is 17.5 Å². The van der Waals surface area contributed by atoms with E-state index in [0.29, 0.717) is 11.5 Å². The van der Waals surface area contributed by atoms with Crippen molar-refractivity contribution < 1.29 is 18.1 Å². The molecule has 0 saturated heterocycles. The van der Waals surface area contributed by atoms with Crippen LogP contribution in [-0.2, 0) is 37.2 Å². The van der Waals surface area contributed by atoms with Gasteiger partial charge >= 0.3 is 7.82 Å². The summed E-state index contributed by atoms with van der Waals surface area (Å²) in [4.78, 5) is 0. The number of phosphoric acid groups is 1. The summed E-state index contributed by atoms with van der Waals surface area (Å²) in [6.45, 7) is 26.3. The smallest absolute Gasteiger partial charge is 0.395 e. The maximum atomic E-state index is 13.9. The summed E-state index contributed by atoms with van der Waals surface area (Å²) in [5.74, 6) is 1.12. The van der Waals surface area contributed by atoms with Gasteiger partial charge in [0, 0.05) is 18.2 Å². The molecule has 0 saturated carbocycles. The van der Waals surface area contributed by atoms with Crippen LogP contribution in [0.3, 0.4) is 0 Å². The molecule has 0 N–H and O–H groups in total. The Morgan fingerprint density at radius 1 is 0.600 bits per heavy atom. The van der Waals surface area contributed by atoms with Crippen molar-refractivity contribution in [1.29, 1.82) is 0 Å². The zero-order valence-electron chi connectivity index (χ0n) is 24.1. The van der Waals surface area contributed by atoms with Gasteiger partial charge in [-0.3, -0.25) is 4.52 Å². The Balaban J connectivity index is 2.47. The normalized spacial score (nSPS) is 16.4. The second-order valence-electron chi connectivity index (χ2n) is 14.0. The Hall–Kier alpha value is -1.77. The van der Waals surface area contributed by atoms with E-state index in [9.17, 15) is 4.57 Å². The molecule has 35 heavy (non-hydrogen) atoms. The average molecular weight is 501 g/mol. The van der Waals surface area contributed by atoms with Crippen LogP contribution < -0.4 is 9.05 Å². The van der Waals surface area contributed by atoms with Crippen LogP contribution in [0.15, 0.2) is 24.3 Å². The SMILES string of the molecule is COP1(=O)Oc2cc(c(C(C)(C)C)cc2C(C)(C)C)Cc2cc(c(C(C)(C)C)cc2C(C)(C)C)O1. The Bertz CT molecular complexity index is 1080.